The molecule has 0 aromatic heterocycles. The number of terminal acetylenes is 1. The summed E-state index contributed by atoms with van der Waals surface area (Å²) < 4.78 is 5.42. The molecule has 0 saturated carbocycles. The van der Waals surface area contributed by atoms with Gasteiger partial charge in [-0.1, -0.05) is 25.0 Å². The van der Waals surface area contributed by atoms with Crippen LogP contribution < -0.4 is 15.8 Å². The second kappa shape index (κ2) is 7.23. The highest BCUT2D eigenvalue weighted by atomic mass is 16.5. The van der Waals surface area contributed by atoms with Gasteiger partial charge in [-0.3, -0.25) is 4.79 Å². The molecule has 0 saturated heterocycles. The van der Waals surface area contributed by atoms with Crippen LogP contribution >= 0.6 is 0 Å². The molecule has 0 bridgehead atoms. The first-order chi connectivity index (χ1) is 8.67. The Hall–Kier alpha value is -2.15. The lowest BCUT2D eigenvalue weighted by Crippen LogP contribution is -2.33. The quantitative estimate of drug-likeness (QED) is 0.591. The van der Waals surface area contributed by atoms with Crippen LogP contribution in [0.3, 0.4) is 0 Å². The first-order valence-corrected chi connectivity index (χ1v) is 5.90. The lowest BCUT2D eigenvalue weighted by atomic mass is 10.2. The molecule has 1 aromatic carbocycles. The van der Waals surface area contributed by atoms with Gasteiger partial charge in [-0.05, 0) is 18.6 Å². The minimum atomic E-state index is -0.209. The lowest BCUT2D eigenvalue weighted by molar-refractivity contribution is -0.121. The Bertz CT molecular complexity index is 438. The van der Waals surface area contributed by atoms with Gasteiger partial charge in [0.2, 0.25) is 5.91 Å². The zero-order valence-electron chi connectivity index (χ0n) is 10.5. The van der Waals surface area contributed by atoms with Crippen LogP contribution in [0.25, 0.3) is 0 Å². The Morgan fingerprint density at radius 1 is 1.56 bits per heavy atom. The van der Waals surface area contributed by atoms with Gasteiger partial charge in [0.05, 0.1) is 24.8 Å². The molecule has 0 fully saturated rings. The van der Waals surface area contributed by atoms with Gasteiger partial charge in [-0.15, -0.1) is 6.42 Å². The molecule has 3 N–H and O–H groups in total. The highest BCUT2D eigenvalue weighted by molar-refractivity contribution is 5.76. The molecule has 18 heavy (non-hydrogen) atoms. The van der Waals surface area contributed by atoms with Gasteiger partial charge in [0.1, 0.15) is 5.75 Å². The van der Waals surface area contributed by atoms with E-state index < -0.39 is 0 Å². The number of hydrogen-bond acceptors (Lipinski definition) is 3. The number of nitrogens with one attached hydrogen (secondary N) is 1. The topological polar surface area (TPSA) is 64.3 Å². The van der Waals surface area contributed by atoms with E-state index in [9.17, 15) is 4.79 Å². The van der Waals surface area contributed by atoms with Crippen LogP contribution in [-0.2, 0) is 4.79 Å². The zero-order chi connectivity index (χ0) is 13.4. The van der Waals surface area contributed by atoms with Crippen LogP contribution in [0.2, 0.25) is 0 Å². The Balaban J connectivity index is 2.32. The molecule has 0 aliphatic rings. The molecule has 0 aliphatic heterocycles. The molecule has 0 heterocycles. The third-order valence-electron chi connectivity index (χ3n) is 2.45. The second-order valence-corrected chi connectivity index (χ2v) is 3.83. The number of amides is 1. The standard InChI is InChI=1S/C14H18N2O2/c1-3-11(4-2)16-14(17)9-10-18-13-8-6-5-7-12(13)15/h1,5-8,11H,4,9-10,15H2,2H3,(H,16,17). The summed E-state index contributed by atoms with van der Waals surface area (Å²) in [5, 5.41) is 2.73. The van der Waals surface area contributed by atoms with Gasteiger partial charge in [0.15, 0.2) is 0 Å². The number of nitrogens with two attached hydrogens (primary N) is 1. The molecule has 96 valence electrons. The van der Waals surface area contributed by atoms with Crippen molar-refractivity contribution < 1.29 is 9.53 Å². The van der Waals surface area contributed by atoms with Crippen molar-refractivity contribution in [2.24, 2.45) is 0 Å². The average molecular weight is 246 g/mol. The van der Waals surface area contributed by atoms with E-state index >= 15 is 0 Å². The van der Waals surface area contributed by atoms with Crippen molar-refractivity contribution in [3.63, 3.8) is 0 Å². The fraction of sp³-hybridized carbons (Fsp3) is 0.357. The summed E-state index contributed by atoms with van der Waals surface area (Å²) in [6.45, 7) is 2.20. The Labute approximate surface area is 108 Å². The number of hydrogen-bond donors (Lipinski definition) is 2. The number of para-hydroxylation sites is 2. The summed E-state index contributed by atoms with van der Waals surface area (Å²) in [4.78, 5) is 11.5. The minimum Gasteiger partial charge on any atom is -0.491 e. The summed E-state index contributed by atoms with van der Waals surface area (Å²) in [6, 6.07) is 6.97. The van der Waals surface area contributed by atoms with E-state index in [0.29, 0.717) is 17.9 Å². The summed E-state index contributed by atoms with van der Waals surface area (Å²) in [5.74, 6) is 2.98. The number of carbonyl (C=O) groups is 1. The van der Waals surface area contributed by atoms with E-state index in [-0.39, 0.29) is 25.0 Å². The maximum atomic E-state index is 11.5. The third-order valence-corrected chi connectivity index (χ3v) is 2.45. The molecule has 0 aliphatic carbocycles. The number of rotatable bonds is 6. The molecular weight excluding hydrogens is 228 g/mol. The van der Waals surface area contributed by atoms with Crippen molar-refractivity contribution in [1.29, 1.82) is 0 Å². The molecule has 0 spiro atoms. The molecule has 1 aromatic rings. The minimum absolute atomic E-state index is 0.116. The maximum absolute atomic E-state index is 11.5. The molecule has 1 unspecified atom stereocenters. The maximum Gasteiger partial charge on any atom is 0.224 e. The monoisotopic (exact) mass is 246 g/mol. The summed E-state index contributed by atoms with van der Waals surface area (Å²) >= 11 is 0. The summed E-state index contributed by atoms with van der Waals surface area (Å²) in [5.41, 5.74) is 6.27. The first-order valence-electron chi connectivity index (χ1n) is 5.90. The lowest BCUT2D eigenvalue weighted by Gasteiger charge is -2.11. The highest BCUT2D eigenvalue weighted by Crippen LogP contribution is 2.19. The Kier molecular flexibility index (Phi) is 5.59. The van der Waals surface area contributed by atoms with Crippen molar-refractivity contribution >= 4 is 11.6 Å². The highest BCUT2D eigenvalue weighted by Gasteiger charge is 2.07. The smallest absolute Gasteiger partial charge is 0.224 e. The van der Waals surface area contributed by atoms with Gasteiger partial charge in [-0.2, -0.15) is 0 Å². The van der Waals surface area contributed by atoms with E-state index in [1.54, 1.807) is 12.1 Å². The summed E-state index contributed by atoms with van der Waals surface area (Å²) in [7, 11) is 0. The molecule has 4 heteroatoms. The molecular formula is C14H18N2O2. The molecule has 4 nitrogen and oxygen atoms in total. The first kappa shape index (κ1) is 13.9. The predicted octanol–water partition coefficient (Wildman–Crippen LogP) is 1.57. The number of benzene rings is 1. The van der Waals surface area contributed by atoms with Gasteiger partial charge in [0.25, 0.3) is 0 Å². The van der Waals surface area contributed by atoms with E-state index in [1.807, 2.05) is 19.1 Å². The van der Waals surface area contributed by atoms with E-state index in [1.165, 1.54) is 0 Å². The largest absolute Gasteiger partial charge is 0.491 e. The molecule has 1 amide bonds. The summed E-state index contributed by atoms with van der Waals surface area (Å²) in [6.07, 6.45) is 6.23. The Morgan fingerprint density at radius 2 is 2.28 bits per heavy atom. The SMILES string of the molecule is C#CC(CC)NC(=O)CCOc1ccccc1N. The van der Waals surface area contributed by atoms with Crippen molar-refractivity contribution in [3.05, 3.63) is 24.3 Å². The van der Waals surface area contributed by atoms with Crippen molar-refractivity contribution in [3.8, 4) is 18.1 Å². The van der Waals surface area contributed by atoms with E-state index in [4.69, 9.17) is 16.9 Å². The van der Waals surface area contributed by atoms with Crippen LogP contribution in [-0.4, -0.2) is 18.6 Å². The number of ether oxygens (including phenoxy) is 1. The number of carbonyl (C=O) groups excluding carboxylic acids is 1. The van der Waals surface area contributed by atoms with Gasteiger partial charge in [-0.25, -0.2) is 0 Å². The van der Waals surface area contributed by atoms with Crippen LogP contribution in [0.15, 0.2) is 24.3 Å². The van der Waals surface area contributed by atoms with Crippen LogP contribution in [0.1, 0.15) is 19.8 Å². The Morgan fingerprint density at radius 3 is 2.89 bits per heavy atom. The van der Waals surface area contributed by atoms with Gasteiger partial charge in [0, 0.05) is 0 Å². The number of anilines is 1. The molecule has 1 atom stereocenters. The van der Waals surface area contributed by atoms with Crippen molar-refractivity contribution in [1.82, 2.24) is 5.32 Å². The van der Waals surface area contributed by atoms with Crippen molar-refractivity contribution in [2.75, 3.05) is 12.3 Å². The van der Waals surface area contributed by atoms with Crippen LogP contribution in [0, 0.1) is 12.3 Å². The van der Waals surface area contributed by atoms with Crippen LogP contribution in [0.5, 0.6) is 5.75 Å². The fourth-order valence-electron chi connectivity index (χ4n) is 1.39. The number of nitrogen functional groups attached to an aromatic ring is 1. The van der Waals surface area contributed by atoms with Gasteiger partial charge >= 0.3 is 0 Å². The van der Waals surface area contributed by atoms with E-state index in [2.05, 4.69) is 11.2 Å². The van der Waals surface area contributed by atoms with Crippen LogP contribution in [0.4, 0.5) is 5.69 Å². The fourth-order valence-corrected chi connectivity index (χ4v) is 1.39. The normalized spacial score (nSPS) is 11.3. The second-order valence-electron chi connectivity index (χ2n) is 3.83. The third kappa shape index (κ3) is 4.38. The van der Waals surface area contributed by atoms with E-state index in [0.717, 1.165) is 0 Å². The average Bonchev–Trinajstić information content (AvgIpc) is 2.38. The predicted molar refractivity (Wildman–Crippen MR) is 72.0 cm³/mol. The molecule has 0 radical (unpaired) electrons. The molecule has 1 rings (SSSR count). The zero-order valence-corrected chi connectivity index (χ0v) is 10.5. The van der Waals surface area contributed by atoms with Crippen molar-refractivity contribution in [2.45, 2.75) is 25.8 Å². The van der Waals surface area contributed by atoms with Gasteiger partial charge < -0.3 is 15.8 Å².